The van der Waals surface area contributed by atoms with Gasteiger partial charge < -0.3 is 9.29 Å². The minimum atomic E-state index is -0.922. The van der Waals surface area contributed by atoms with Gasteiger partial charge in [-0.3, -0.25) is 4.79 Å². The monoisotopic (exact) mass is 162 g/mol. The fourth-order valence-corrected chi connectivity index (χ4v) is 2.10. The Labute approximate surface area is 62.9 Å². The highest BCUT2D eigenvalue weighted by atomic mass is 32.2. The van der Waals surface area contributed by atoms with E-state index in [2.05, 4.69) is 0 Å². The van der Waals surface area contributed by atoms with Gasteiger partial charge in [0.05, 0.1) is 0 Å². The number of carbonyl (C=O) groups is 1. The second-order valence-corrected chi connectivity index (χ2v) is 3.84. The van der Waals surface area contributed by atoms with E-state index in [1.165, 1.54) is 7.11 Å². The number of methoxy groups -OCH3 is 1. The van der Waals surface area contributed by atoms with Gasteiger partial charge in [-0.1, -0.05) is 0 Å². The van der Waals surface area contributed by atoms with Crippen LogP contribution in [0.25, 0.3) is 0 Å². The molecule has 1 saturated heterocycles. The fourth-order valence-electron chi connectivity index (χ4n) is 0.973. The van der Waals surface area contributed by atoms with Crippen LogP contribution in [0, 0.1) is 0 Å². The van der Waals surface area contributed by atoms with Crippen LogP contribution in [0.5, 0.6) is 0 Å². The largest absolute Gasteiger partial charge is 0.616 e. The van der Waals surface area contributed by atoms with Gasteiger partial charge in [-0.2, -0.15) is 0 Å². The van der Waals surface area contributed by atoms with Crippen LogP contribution in [0.1, 0.15) is 6.42 Å². The Morgan fingerprint density at radius 3 is 3.00 bits per heavy atom. The molecule has 1 aliphatic heterocycles. The molecule has 0 saturated carbocycles. The average molecular weight is 162 g/mol. The van der Waals surface area contributed by atoms with Crippen LogP contribution >= 0.6 is 0 Å². The maximum absolute atomic E-state index is 10.9. The lowest BCUT2D eigenvalue weighted by molar-refractivity contribution is -0.126. The fraction of sp³-hybridized carbons (Fsp3) is 0.833. The summed E-state index contributed by atoms with van der Waals surface area (Å²) in [6.45, 7) is 0. The molecule has 58 valence electrons. The van der Waals surface area contributed by atoms with Crippen LogP contribution in [0.2, 0.25) is 0 Å². The van der Waals surface area contributed by atoms with Gasteiger partial charge in [0.15, 0.2) is 5.75 Å². The Hall–Kier alpha value is -0.0600. The second kappa shape index (κ2) is 3.37. The molecule has 3 nitrogen and oxygen atoms in total. The molecule has 1 fully saturated rings. The SMILES string of the molecule is COC1CC[S+]([O-])CC1=O. The first-order valence-electron chi connectivity index (χ1n) is 3.14. The zero-order valence-corrected chi connectivity index (χ0v) is 6.65. The number of rotatable bonds is 1. The molecule has 2 unspecified atom stereocenters. The predicted octanol–water partition coefficient (Wildman–Crippen LogP) is -0.277. The predicted molar refractivity (Wildman–Crippen MR) is 38.3 cm³/mol. The van der Waals surface area contributed by atoms with E-state index >= 15 is 0 Å². The molecule has 0 aromatic rings. The molecule has 1 aliphatic rings. The molecular weight excluding hydrogens is 152 g/mol. The topological polar surface area (TPSA) is 49.4 Å². The molecule has 0 spiro atoms. The summed E-state index contributed by atoms with van der Waals surface area (Å²) >= 11 is -0.922. The quantitative estimate of drug-likeness (QED) is 0.498. The van der Waals surface area contributed by atoms with Crippen molar-refractivity contribution < 1.29 is 14.1 Å². The highest BCUT2D eigenvalue weighted by molar-refractivity contribution is 7.92. The van der Waals surface area contributed by atoms with E-state index in [0.717, 1.165) is 0 Å². The number of hydrogen-bond donors (Lipinski definition) is 0. The van der Waals surface area contributed by atoms with Crippen molar-refractivity contribution in [1.82, 2.24) is 0 Å². The average Bonchev–Trinajstić information content (AvgIpc) is 1.88. The van der Waals surface area contributed by atoms with E-state index < -0.39 is 11.2 Å². The molecule has 2 atom stereocenters. The molecule has 0 aliphatic carbocycles. The highest BCUT2D eigenvalue weighted by Gasteiger charge is 2.29. The summed E-state index contributed by atoms with van der Waals surface area (Å²) in [6, 6.07) is 0. The Kier molecular flexibility index (Phi) is 2.71. The van der Waals surface area contributed by atoms with Crippen LogP contribution in [0.3, 0.4) is 0 Å². The first-order chi connectivity index (χ1) is 4.74. The summed E-state index contributed by atoms with van der Waals surface area (Å²) in [7, 11) is 1.51. The highest BCUT2D eigenvalue weighted by Crippen LogP contribution is 2.11. The van der Waals surface area contributed by atoms with Gasteiger partial charge in [-0.05, 0) is 11.2 Å². The van der Waals surface area contributed by atoms with E-state index in [-0.39, 0.29) is 17.6 Å². The third kappa shape index (κ3) is 1.71. The third-order valence-electron chi connectivity index (χ3n) is 1.55. The van der Waals surface area contributed by atoms with Crippen molar-refractivity contribution in [1.29, 1.82) is 0 Å². The molecule has 0 aromatic carbocycles. The van der Waals surface area contributed by atoms with Crippen molar-refractivity contribution in [3.05, 3.63) is 0 Å². The van der Waals surface area contributed by atoms with Gasteiger partial charge in [0, 0.05) is 13.5 Å². The van der Waals surface area contributed by atoms with Crippen LogP contribution in [-0.2, 0) is 20.7 Å². The van der Waals surface area contributed by atoms with Crippen LogP contribution < -0.4 is 0 Å². The summed E-state index contributed by atoms with van der Waals surface area (Å²) in [5.41, 5.74) is 0. The summed E-state index contributed by atoms with van der Waals surface area (Å²) < 4.78 is 15.6. The first kappa shape index (κ1) is 8.04. The minimum absolute atomic E-state index is 0.0212. The third-order valence-corrected chi connectivity index (χ3v) is 2.85. The van der Waals surface area contributed by atoms with E-state index in [4.69, 9.17) is 4.74 Å². The lowest BCUT2D eigenvalue weighted by Gasteiger charge is -2.21. The molecule has 0 radical (unpaired) electrons. The van der Waals surface area contributed by atoms with Crippen molar-refractivity contribution in [2.45, 2.75) is 12.5 Å². The van der Waals surface area contributed by atoms with Crippen LogP contribution in [0.15, 0.2) is 0 Å². The molecule has 0 amide bonds. The van der Waals surface area contributed by atoms with Crippen molar-refractivity contribution >= 4 is 17.0 Å². The molecule has 1 heterocycles. The van der Waals surface area contributed by atoms with E-state index in [9.17, 15) is 9.35 Å². The Morgan fingerprint density at radius 2 is 2.50 bits per heavy atom. The number of carbonyl (C=O) groups excluding carboxylic acids is 1. The Morgan fingerprint density at radius 1 is 1.80 bits per heavy atom. The summed E-state index contributed by atoms with van der Waals surface area (Å²) in [5, 5.41) is 0. The van der Waals surface area contributed by atoms with Gasteiger partial charge >= 0.3 is 0 Å². The van der Waals surface area contributed by atoms with Crippen LogP contribution in [-0.4, -0.2) is 35.1 Å². The number of ether oxygens (including phenoxy) is 1. The first-order valence-corrected chi connectivity index (χ1v) is 4.63. The maximum atomic E-state index is 10.9. The van der Waals surface area contributed by atoms with E-state index in [0.29, 0.717) is 12.2 Å². The molecule has 10 heavy (non-hydrogen) atoms. The van der Waals surface area contributed by atoms with Gasteiger partial charge in [-0.25, -0.2) is 0 Å². The maximum Gasteiger partial charge on any atom is 0.210 e. The standard InChI is InChI=1S/C6H10O3S/c1-9-6-2-3-10(8)4-5(6)7/h6H,2-4H2,1H3. The molecule has 4 heteroatoms. The van der Waals surface area contributed by atoms with Gasteiger partial charge in [-0.15, -0.1) is 0 Å². The van der Waals surface area contributed by atoms with Gasteiger partial charge in [0.25, 0.3) is 0 Å². The van der Waals surface area contributed by atoms with E-state index in [1.54, 1.807) is 0 Å². The van der Waals surface area contributed by atoms with Gasteiger partial charge in [0.2, 0.25) is 5.78 Å². The molecule has 0 aromatic heterocycles. The lowest BCUT2D eigenvalue weighted by Crippen LogP contribution is -2.37. The molecular formula is C6H10O3S. The second-order valence-electron chi connectivity index (χ2n) is 2.27. The zero-order chi connectivity index (χ0) is 7.56. The number of Topliss-reactive ketones (excluding diaryl/α,β-unsaturated/α-hetero) is 1. The smallest absolute Gasteiger partial charge is 0.210 e. The van der Waals surface area contributed by atoms with Crippen molar-refractivity contribution in [2.24, 2.45) is 0 Å². The molecule has 0 N–H and O–H groups in total. The summed E-state index contributed by atoms with van der Waals surface area (Å²) in [6.07, 6.45) is 0.319. The number of hydrogen-bond acceptors (Lipinski definition) is 3. The summed E-state index contributed by atoms with van der Waals surface area (Å²) in [4.78, 5) is 10.9. The summed E-state index contributed by atoms with van der Waals surface area (Å²) in [5.74, 6) is 0.759. The molecule has 1 rings (SSSR count). The normalized spacial score (nSPS) is 34.4. The van der Waals surface area contributed by atoms with Crippen LogP contribution in [0.4, 0.5) is 0 Å². The minimum Gasteiger partial charge on any atom is -0.616 e. The van der Waals surface area contributed by atoms with Crippen molar-refractivity contribution in [3.63, 3.8) is 0 Å². The van der Waals surface area contributed by atoms with Crippen molar-refractivity contribution in [2.75, 3.05) is 18.6 Å². The zero-order valence-electron chi connectivity index (χ0n) is 5.83. The van der Waals surface area contributed by atoms with Gasteiger partial charge in [0.1, 0.15) is 11.9 Å². The Balaban J connectivity index is 2.43. The molecule has 0 bridgehead atoms. The number of ketones is 1. The lowest BCUT2D eigenvalue weighted by atomic mass is 10.2. The van der Waals surface area contributed by atoms with Crippen molar-refractivity contribution in [3.8, 4) is 0 Å². The van der Waals surface area contributed by atoms with E-state index in [1.807, 2.05) is 0 Å². The Bertz CT molecular complexity index is 137.